The standard InChI is InChI=1S/C17H25N7O2S/c1-12-5-13(2)24(20-12)17-6-16(18-11-19-17)22-7-14-9-23(10-15(14)8-22)27(25,26)21(3)4/h5-6,11,14-15H,7-10H2,1-4H3. The average molecular weight is 392 g/mol. The molecule has 27 heavy (non-hydrogen) atoms. The molecule has 4 rings (SSSR count). The van der Waals surface area contributed by atoms with Gasteiger partial charge in [0.1, 0.15) is 12.1 Å². The summed E-state index contributed by atoms with van der Waals surface area (Å²) in [4.78, 5) is 11.0. The first-order valence-corrected chi connectivity index (χ1v) is 10.4. The van der Waals surface area contributed by atoms with E-state index in [1.165, 1.54) is 4.31 Å². The normalized spacial score (nSPS) is 23.4. The molecule has 2 aliphatic heterocycles. The van der Waals surface area contributed by atoms with E-state index >= 15 is 0 Å². The van der Waals surface area contributed by atoms with Crippen LogP contribution in [0.2, 0.25) is 0 Å². The minimum atomic E-state index is -3.34. The van der Waals surface area contributed by atoms with Gasteiger partial charge in [-0.25, -0.2) is 14.6 Å². The molecule has 0 bridgehead atoms. The van der Waals surface area contributed by atoms with Crippen LogP contribution < -0.4 is 4.90 Å². The lowest BCUT2D eigenvalue weighted by Crippen LogP contribution is -2.40. The smallest absolute Gasteiger partial charge is 0.281 e. The first kappa shape index (κ1) is 18.3. The van der Waals surface area contributed by atoms with E-state index in [1.54, 1.807) is 24.7 Å². The van der Waals surface area contributed by atoms with Crippen molar-refractivity contribution in [2.24, 2.45) is 11.8 Å². The van der Waals surface area contributed by atoms with Crippen LogP contribution in [0.4, 0.5) is 5.82 Å². The molecule has 0 aromatic carbocycles. The Morgan fingerprint density at radius 3 is 2.19 bits per heavy atom. The third kappa shape index (κ3) is 3.21. The van der Waals surface area contributed by atoms with Gasteiger partial charge in [0, 0.05) is 52.0 Å². The lowest BCUT2D eigenvalue weighted by molar-refractivity contribution is 0.406. The number of aromatic nitrogens is 4. The average Bonchev–Trinajstić information content (AvgIpc) is 3.27. The van der Waals surface area contributed by atoms with Crippen LogP contribution in [-0.4, -0.2) is 77.1 Å². The quantitative estimate of drug-likeness (QED) is 0.752. The van der Waals surface area contributed by atoms with Crippen LogP contribution in [0.3, 0.4) is 0 Å². The van der Waals surface area contributed by atoms with Crippen molar-refractivity contribution < 1.29 is 8.42 Å². The SMILES string of the molecule is Cc1cc(C)n(-c2cc(N3CC4CN(S(=O)(=O)N(C)C)CC4C3)ncn2)n1. The molecule has 0 radical (unpaired) electrons. The highest BCUT2D eigenvalue weighted by atomic mass is 32.2. The second-order valence-corrected chi connectivity index (χ2v) is 9.75. The molecule has 2 atom stereocenters. The van der Waals surface area contributed by atoms with Gasteiger partial charge in [0.25, 0.3) is 10.2 Å². The molecule has 0 N–H and O–H groups in total. The molecule has 4 heterocycles. The van der Waals surface area contributed by atoms with Crippen LogP contribution in [0, 0.1) is 25.7 Å². The minimum Gasteiger partial charge on any atom is -0.356 e. The van der Waals surface area contributed by atoms with Gasteiger partial charge in [0.05, 0.1) is 5.69 Å². The monoisotopic (exact) mass is 391 g/mol. The van der Waals surface area contributed by atoms with Gasteiger partial charge in [0.15, 0.2) is 5.82 Å². The number of rotatable bonds is 4. The zero-order valence-corrected chi connectivity index (χ0v) is 16.9. The van der Waals surface area contributed by atoms with Gasteiger partial charge >= 0.3 is 0 Å². The molecule has 2 aromatic heterocycles. The minimum absolute atomic E-state index is 0.326. The van der Waals surface area contributed by atoms with Crippen molar-refractivity contribution in [2.75, 3.05) is 45.2 Å². The lowest BCUT2D eigenvalue weighted by Gasteiger charge is -2.24. The number of nitrogens with zero attached hydrogens (tertiary/aromatic N) is 7. The molecular formula is C17H25N7O2S. The molecule has 10 heteroatoms. The van der Waals surface area contributed by atoms with Gasteiger partial charge in [-0.05, 0) is 31.7 Å². The number of hydrogen-bond donors (Lipinski definition) is 0. The Balaban J connectivity index is 1.50. The van der Waals surface area contributed by atoms with E-state index < -0.39 is 10.2 Å². The lowest BCUT2D eigenvalue weighted by atomic mass is 10.0. The maximum atomic E-state index is 12.4. The van der Waals surface area contributed by atoms with Gasteiger partial charge in [-0.2, -0.15) is 22.1 Å². The van der Waals surface area contributed by atoms with Crippen LogP contribution >= 0.6 is 0 Å². The van der Waals surface area contributed by atoms with Gasteiger partial charge in [-0.1, -0.05) is 0 Å². The van der Waals surface area contributed by atoms with Crippen molar-refractivity contribution in [3.63, 3.8) is 0 Å². The van der Waals surface area contributed by atoms with E-state index in [0.717, 1.165) is 36.1 Å². The molecule has 2 aromatic rings. The fraction of sp³-hybridized carbons (Fsp3) is 0.588. The second kappa shape index (κ2) is 6.54. The third-order valence-corrected chi connectivity index (χ3v) is 7.30. The van der Waals surface area contributed by atoms with Crippen molar-refractivity contribution in [2.45, 2.75) is 13.8 Å². The predicted octanol–water partition coefficient (Wildman–Crippen LogP) is 0.454. The Morgan fingerprint density at radius 1 is 1.00 bits per heavy atom. The Bertz CT molecular complexity index is 942. The Labute approximate surface area is 159 Å². The summed E-state index contributed by atoms with van der Waals surface area (Å²) in [5.41, 5.74) is 1.98. The summed E-state index contributed by atoms with van der Waals surface area (Å²) in [5, 5.41) is 4.49. The van der Waals surface area contributed by atoms with Gasteiger partial charge < -0.3 is 4.90 Å². The molecule has 2 aliphatic rings. The number of anilines is 1. The van der Waals surface area contributed by atoms with Crippen LogP contribution in [0.25, 0.3) is 5.82 Å². The van der Waals surface area contributed by atoms with E-state index in [0.29, 0.717) is 24.9 Å². The molecule has 2 fully saturated rings. The number of aryl methyl sites for hydroxylation is 2. The maximum Gasteiger partial charge on any atom is 0.281 e. The Morgan fingerprint density at radius 2 is 1.63 bits per heavy atom. The second-order valence-electron chi connectivity index (χ2n) is 7.61. The summed E-state index contributed by atoms with van der Waals surface area (Å²) in [6.07, 6.45) is 1.57. The molecule has 0 spiro atoms. The summed E-state index contributed by atoms with van der Waals surface area (Å²) >= 11 is 0. The van der Waals surface area contributed by atoms with Crippen LogP contribution in [0.15, 0.2) is 18.5 Å². The highest BCUT2D eigenvalue weighted by Gasteiger charge is 2.44. The summed E-state index contributed by atoms with van der Waals surface area (Å²) in [6, 6.07) is 3.97. The molecule has 9 nitrogen and oxygen atoms in total. The van der Waals surface area contributed by atoms with E-state index in [2.05, 4.69) is 20.0 Å². The van der Waals surface area contributed by atoms with Crippen molar-refractivity contribution in [1.82, 2.24) is 28.4 Å². The number of hydrogen-bond acceptors (Lipinski definition) is 6. The van der Waals surface area contributed by atoms with Crippen molar-refractivity contribution >= 4 is 16.0 Å². The molecule has 0 amide bonds. The fourth-order valence-electron chi connectivity index (χ4n) is 4.04. The summed E-state index contributed by atoms with van der Waals surface area (Å²) in [5.74, 6) is 2.27. The number of fused-ring (bicyclic) bond motifs is 1. The van der Waals surface area contributed by atoms with Gasteiger partial charge in [-0.15, -0.1) is 0 Å². The van der Waals surface area contributed by atoms with Gasteiger partial charge in [0.2, 0.25) is 0 Å². The topological polar surface area (TPSA) is 87.5 Å². The Hall–Kier alpha value is -2.04. The first-order valence-electron chi connectivity index (χ1n) is 9.04. The first-order chi connectivity index (χ1) is 12.8. The summed E-state index contributed by atoms with van der Waals surface area (Å²) in [6.45, 7) is 6.70. The zero-order chi connectivity index (χ0) is 19.3. The van der Waals surface area contributed by atoms with Crippen LogP contribution in [0.1, 0.15) is 11.4 Å². The Kier molecular flexibility index (Phi) is 4.44. The molecule has 0 saturated carbocycles. The third-order valence-electron chi connectivity index (χ3n) is 5.43. The van der Waals surface area contributed by atoms with Crippen molar-refractivity contribution in [1.29, 1.82) is 0 Å². The summed E-state index contributed by atoms with van der Waals surface area (Å²) in [7, 11) is -0.174. The van der Waals surface area contributed by atoms with E-state index in [4.69, 9.17) is 0 Å². The van der Waals surface area contributed by atoms with Gasteiger partial charge in [-0.3, -0.25) is 0 Å². The van der Waals surface area contributed by atoms with E-state index in [-0.39, 0.29) is 0 Å². The van der Waals surface area contributed by atoms with E-state index in [9.17, 15) is 8.42 Å². The predicted molar refractivity (Wildman–Crippen MR) is 102 cm³/mol. The maximum absolute atomic E-state index is 12.4. The largest absolute Gasteiger partial charge is 0.356 e. The van der Waals surface area contributed by atoms with E-state index in [1.807, 2.05) is 30.7 Å². The zero-order valence-electron chi connectivity index (χ0n) is 16.1. The van der Waals surface area contributed by atoms with Crippen LogP contribution in [-0.2, 0) is 10.2 Å². The van der Waals surface area contributed by atoms with Crippen molar-refractivity contribution in [3.8, 4) is 5.82 Å². The molecule has 2 unspecified atom stereocenters. The molecule has 146 valence electrons. The highest BCUT2D eigenvalue weighted by molar-refractivity contribution is 7.86. The summed E-state index contributed by atoms with van der Waals surface area (Å²) < 4.78 is 29.4. The molecular weight excluding hydrogens is 366 g/mol. The molecule has 2 saturated heterocycles. The van der Waals surface area contributed by atoms with Crippen molar-refractivity contribution in [3.05, 3.63) is 29.8 Å². The van der Waals surface area contributed by atoms with Crippen LogP contribution in [0.5, 0.6) is 0 Å². The highest BCUT2D eigenvalue weighted by Crippen LogP contribution is 2.35. The molecule has 0 aliphatic carbocycles. The fourth-order valence-corrected chi connectivity index (χ4v) is 5.26.